The van der Waals surface area contributed by atoms with Crippen molar-refractivity contribution in [3.8, 4) is 5.75 Å². The molecule has 1 rings (SSSR count). The van der Waals surface area contributed by atoms with Crippen molar-refractivity contribution < 1.29 is 22.3 Å². The molecular weight excluding hydrogens is 214 g/mol. The fraction of sp³-hybridized carbons (Fsp3) is 0.444. The Morgan fingerprint density at radius 1 is 0.933 bits per heavy atom. The van der Waals surface area contributed by atoms with Crippen LogP contribution >= 0.6 is 0 Å². The minimum Gasteiger partial charge on any atom is -0.482 e. The topological polar surface area (TPSA) is 22.1 Å². The summed E-state index contributed by atoms with van der Waals surface area (Å²) in [5, 5.41) is 0. The van der Waals surface area contributed by atoms with Crippen LogP contribution in [-0.2, 0) is 0 Å². The molecule has 15 heavy (non-hydrogen) atoms. The smallest absolute Gasteiger partial charge is 0.255 e. The molecule has 1 aromatic heterocycles. The first-order valence-corrected chi connectivity index (χ1v) is 4.11. The number of hydrogen-bond acceptors (Lipinski definition) is 2. The van der Waals surface area contributed by atoms with Crippen LogP contribution in [0.5, 0.6) is 5.75 Å². The highest BCUT2D eigenvalue weighted by atomic mass is 19.2. The van der Waals surface area contributed by atoms with Crippen LogP contribution in [0.3, 0.4) is 0 Å². The number of nitrogens with zero attached hydrogens (tertiary/aromatic N) is 1. The number of ether oxygens (including phenoxy) is 1. The molecule has 0 aliphatic rings. The lowest BCUT2D eigenvalue weighted by atomic mass is 10.2. The zero-order valence-corrected chi connectivity index (χ0v) is 8.37. The maximum Gasteiger partial charge on any atom is 0.255 e. The minimum atomic E-state index is -1.73. The molecule has 0 radical (unpaired) electrons. The lowest BCUT2D eigenvalue weighted by Crippen LogP contribution is -2.25. The summed E-state index contributed by atoms with van der Waals surface area (Å²) in [6, 6.07) is 0. The Balaban J connectivity index is 3.27. The van der Waals surface area contributed by atoms with Gasteiger partial charge in [0.2, 0.25) is 17.4 Å². The summed E-state index contributed by atoms with van der Waals surface area (Å²) in [5.74, 6) is -7.82. The summed E-state index contributed by atoms with van der Waals surface area (Å²) >= 11 is 0. The van der Waals surface area contributed by atoms with Gasteiger partial charge in [0, 0.05) is 0 Å². The van der Waals surface area contributed by atoms with Crippen LogP contribution in [-0.4, -0.2) is 10.6 Å². The summed E-state index contributed by atoms with van der Waals surface area (Å²) in [5.41, 5.74) is -0.970. The van der Waals surface area contributed by atoms with Crippen LogP contribution in [0, 0.1) is 23.5 Å². The van der Waals surface area contributed by atoms with Gasteiger partial charge in [-0.2, -0.15) is 22.5 Å². The molecule has 0 amide bonds. The molecule has 0 N–H and O–H groups in total. The molecule has 0 saturated carbocycles. The van der Waals surface area contributed by atoms with Crippen molar-refractivity contribution >= 4 is 0 Å². The first-order valence-electron chi connectivity index (χ1n) is 4.11. The van der Waals surface area contributed by atoms with E-state index in [2.05, 4.69) is 4.98 Å². The second kappa shape index (κ2) is 3.67. The average molecular weight is 223 g/mol. The summed E-state index contributed by atoms with van der Waals surface area (Å²) in [4.78, 5) is 2.40. The lowest BCUT2D eigenvalue weighted by molar-refractivity contribution is 0.113. The average Bonchev–Trinajstić information content (AvgIpc) is 2.08. The Labute approximate surface area is 83.9 Å². The van der Waals surface area contributed by atoms with Gasteiger partial charge in [0.05, 0.1) is 0 Å². The monoisotopic (exact) mass is 223 g/mol. The predicted molar refractivity (Wildman–Crippen MR) is 44.5 cm³/mol. The van der Waals surface area contributed by atoms with Crippen LogP contribution in [0.25, 0.3) is 0 Å². The maximum atomic E-state index is 13.0. The lowest BCUT2D eigenvalue weighted by Gasteiger charge is -2.21. The van der Waals surface area contributed by atoms with E-state index in [0.717, 1.165) is 0 Å². The predicted octanol–water partition coefficient (Wildman–Crippen LogP) is 2.82. The van der Waals surface area contributed by atoms with Crippen LogP contribution in [0.1, 0.15) is 20.8 Å². The first kappa shape index (κ1) is 11.7. The molecule has 0 aliphatic carbocycles. The van der Waals surface area contributed by atoms with E-state index in [-0.39, 0.29) is 0 Å². The van der Waals surface area contributed by atoms with Gasteiger partial charge in [0.25, 0.3) is 11.9 Å². The van der Waals surface area contributed by atoms with Gasteiger partial charge in [-0.1, -0.05) is 0 Å². The third-order valence-corrected chi connectivity index (χ3v) is 1.37. The van der Waals surface area contributed by atoms with Crippen molar-refractivity contribution in [2.45, 2.75) is 26.4 Å². The number of hydrogen-bond donors (Lipinski definition) is 0. The maximum absolute atomic E-state index is 13.0. The van der Waals surface area contributed by atoms with Gasteiger partial charge >= 0.3 is 0 Å². The Morgan fingerprint density at radius 3 is 1.67 bits per heavy atom. The van der Waals surface area contributed by atoms with Gasteiger partial charge in [-0.15, -0.1) is 0 Å². The molecule has 1 aromatic rings. The second-order valence-electron chi connectivity index (χ2n) is 3.86. The van der Waals surface area contributed by atoms with E-state index in [1.807, 2.05) is 0 Å². The molecule has 0 fully saturated rings. The van der Waals surface area contributed by atoms with E-state index < -0.39 is 34.9 Å². The number of pyridine rings is 1. The Morgan fingerprint density at radius 2 is 1.33 bits per heavy atom. The van der Waals surface area contributed by atoms with Crippen molar-refractivity contribution in [2.24, 2.45) is 0 Å². The number of halogens is 4. The summed E-state index contributed by atoms with van der Waals surface area (Å²) in [7, 11) is 0. The number of rotatable bonds is 1. The van der Waals surface area contributed by atoms with E-state index in [1.54, 1.807) is 0 Å². The quantitative estimate of drug-likeness (QED) is 0.539. The Kier molecular flexibility index (Phi) is 2.88. The third kappa shape index (κ3) is 2.57. The highest BCUT2D eigenvalue weighted by Crippen LogP contribution is 2.27. The second-order valence-corrected chi connectivity index (χ2v) is 3.86. The van der Waals surface area contributed by atoms with Crippen LogP contribution in [0.4, 0.5) is 17.6 Å². The zero-order valence-electron chi connectivity index (χ0n) is 8.37. The highest BCUT2D eigenvalue weighted by molar-refractivity contribution is 5.24. The van der Waals surface area contributed by atoms with Crippen molar-refractivity contribution in [2.75, 3.05) is 0 Å². The van der Waals surface area contributed by atoms with Crippen LogP contribution < -0.4 is 4.74 Å². The van der Waals surface area contributed by atoms with Crippen molar-refractivity contribution in [1.29, 1.82) is 0 Å². The normalized spacial score (nSPS) is 11.7. The van der Waals surface area contributed by atoms with Gasteiger partial charge in [-0.05, 0) is 20.8 Å². The zero-order chi connectivity index (χ0) is 11.8. The molecule has 0 aliphatic heterocycles. The Hall–Kier alpha value is -1.33. The van der Waals surface area contributed by atoms with E-state index in [9.17, 15) is 17.6 Å². The molecule has 6 heteroatoms. The first-order chi connectivity index (χ1) is 6.72. The molecule has 0 unspecified atom stereocenters. The van der Waals surface area contributed by atoms with E-state index >= 15 is 0 Å². The molecule has 0 spiro atoms. The van der Waals surface area contributed by atoms with Crippen molar-refractivity contribution in [3.63, 3.8) is 0 Å². The fourth-order valence-corrected chi connectivity index (χ4v) is 0.864. The summed E-state index contributed by atoms with van der Waals surface area (Å²) in [6.45, 7) is 4.46. The molecule has 1 heterocycles. The molecule has 0 aromatic carbocycles. The fourth-order valence-electron chi connectivity index (χ4n) is 0.864. The molecule has 84 valence electrons. The Bertz CT molecular complexity index is 360. The van der Waals surface area contributed by atoms with E-state index in [4.69, 9.17) is 4.74 Å². The van der Waals surface area contributed by atoms with Gasteiger partial charge in [-0.3, -0.25) is 0 Å². The number of aromatic nitrogens is 1. The largest absolute Gasteiger partial charge is 0.482 e. The molecule has 2 nitrogen and oxygen atoms in total. The van der Waals surface area contributed by atoms with Crippen LogP contribution in [0.2, 0.25) is 0 Å². The molecular formula is C9H9F4NO. The summed E-state index contributed by atoms with van der Waals surface area (Å²) < 4.78 is 56.0. The van der Waals surface area contributed by atoms with E-state index in [1.165, 1.54) is 20.8 Å². The van der Waals surface area contributed by atoms with Gasteiger partial charge in [0.15, 0.2) is 0 Å². The SMILES string of the molecule is CC(C)(C)Oc1c(F)c(F)nc(F)c1F. The van der Waals surface area contributed by atoms with Gasteiger partial charge in [0.1, 0.15) is 5.60 Å². The van der Waals surface area contributed by atoms with Crippen LogP contribution in [0.15, 0.2) is 0 Å². The third-order valence-electron chi connectivity index (χ3n) is 1.37. The minimum absolute atomic E-state index is 0.970. The van der Waals surface area contributed by atoms with Crippen molar-refractivity contribution in [1.82, 2.24) is 4.98 Å². The van der Waals surface area contributed by atoms with Gasteiger partial charge in [-0.25, -0.2) is 0 Å². The molecule has 0 saturated heterocycles. The van der Waals surface area contributed by atoms with E-state index in [0.29, 0.717) is 0 Å². The summed E-state index contributed by atoms with van der Waals surface area (Å²) in [6.07, 6.45) is 0. The molecule has 0 atom stereocenters. The van der Waals surface area contributed by atoms with Gasteiger partial charge < -0.3 is 4.74 Å². The standard InChI is InChI=1S/C9H9F4NO/c1-9(2,3)15-6-4(10)7(12)14-8(13)5(6)11/h1-3H3. The highest BCUT2D eigenvalue weighted by Gasteiger charge is 2.25. The molecule has 0 bridgehead atoms. The van der Waals surface area contributed by atoms with Crippen molar-refractivity contribution in [3.05, 3.63) is 23.5 Å².